The summed E-state index contributed by atoms with van der Waals surface area (Å²) in [5, 5.41) is 5.46. The molecule has 2 rings (SSSR count). The zero-order chi connectivity index (χ0) is 14.2. The summed E-state index contributed by atoms with van der Waals surface area (Å²) in [6, 6.07) is 7.60. The fourth-order valence-corrected chi connectivity index (χ4v) is 2.19. The van der Waals surface area contributed by atoms with E-state index < -0.39 is 0 Å². The molecule has 0 bridgehead atoms. The van der Waals surface area contributed by atoms with Gasteiger partial charge < -0.3 is 20.1 Å². The SMILES string of the molecule is CCc1ccccc1OCNC(=O)NCC1CCCO1. The standard InChI is InChI=1S/C15H22N2O3/c1-2-12-6-3-4-8-14(12)20-11-17-15(18)16-10-13-7-5-9-19-13/h3-4,6,8,13H,2,5,7,9-11H2,1H3,(H2,16,17,18). The van der Waals surface area contributed by atoms with E-state index in [1.165, 1.54) is 0 Å². The average molecular weight is 278 g/mol. The van der Waals surface area contributed by atoms with Crippen LogP contribution in [0.5, 0.6) is 5.75 Å². The molecule has 1 atom stereocenters. The summed E-state index contributed by atoms with van der Waals surface area (Å²) >= 11 is 0. The van der Waals surface area contributed by atoms with Crippen LogP contribution in [0.4, 0.5) is 4.79 Å². The molecule has 0 saturated carbocycles. The van der Waals surface area contributed by atoms with Crippen LogP contribution in [0.15, 0.2) is 24.3 Å². The number of amides is 2. The van der Waals surface area contributed by atoms with E-state index in [1.54, 1.807) is 0 Å². The Bertz CT molecular complexity index is 431. The summed E-state index contributed by atoms with van der Waals surface area (Å²) in [5.41, 5.74) is 1.13. The van der Waals surface area contributed by atoms with E-state index in [2.05, 4.69) is 17.6 Å². The van der Waals surface area contributed by atoms with Crippen molar-refractivity contribution in [1.29, 1.82) is 0 Å². The first-order chi connectivity index (χ1) is 9.79. The highest BCUT2D eigenvalue weighted by atomic mass is 16.5. The monoisotopic (exact) mass is 278 g/mol. The zero-order valence-electron chi connectivity index (χ0n) is 11.9. The lowest BCUT2D eigenvalue weighted by molar-refractivity contribution is 0.111. The molecule has 0 aliphatic carbocycles. The predicted molar refractivity (Wildman–Crippen MR) is 76.8 cm³/mol. The van der Waals surface area contributed by atoms with Crippen molar-refractivity contribution in [2.45, 2.75) is 32.3 Å². The van der Waals surface area contributed by atoms with Gasteiger partial charge in [-0.2, -0.15) is 0 Å². The van der Waals surface area contributed by atoms with Gasteiger partial charge in [0.25, 0.3) is 0 Å². The third kappa shape index (κ3) is 4.42. The highest BCUT2D eigenvalue weighted by Crippen LogP contribution is 2.17. The molecule has 1 aromatic rings. The molecule has 1 heterocycles. The first-order valence-electron chi connectivity index (χ1n) is 7.13. The van der Waals surface area contributed by atoms with E-state index in [1.807, 2.05) is 24.3 Å². The van der Waals surface area contributed by atoms with E-state index in [9.17, 15) is 4.79 Å². The molecular weight excluding hydrogens is 256 g/mol. The fraction of sp³-hybridized carbons (Fsp3) is 0.533. The fourth-order valence-electron chi connectivity index (χ4n) is 2.19. The third-order valence-electron chi connectivity index (χ3n) is 3.33. The van der Waals surface area contributed by atoms with Crippen LogP contribution in [0, 0.1) is 0 Å². The number of ether oxygens (including phenoxy) is 2. The normalized spacial score (nSPS) is 17.8. The molecule has 2 amide bonds. The first-order valence-corrected chi connectivity index (χ1v) is 7.13. The minimum Gasteiger partial charge on any atom is -0.473 e. The Morgan fingerprint density at radius 2 is 2.25 bits per heavy atom. The maximum atomic E-state index is 11.6. The van der Waals surface area contributed by atoms with Gasteiger partial charge in [-0.3, -0.25) is 0 Å². The molecular formula is C15H22N2O3. The second kappa shape index (κ2) is 7.75. The number of para-hydroxylation sites is 1. The number of nitrogens with one attached hydrogen (secondary N) is 2. The highest BCUT2D eigenvalue weighted by Gasteiger charge is 2.15. The lowest BCUT2D eigenvalue weighted by Gasteiger charge is -2.13. The van der Waals surface area contributed by atoms with Crippen molar-refractivity contribution in [3.05, 3.63) is 29.8 Å². The predicted octanol–water partition coefficient (Wildman–Crippen LogP) is 2.06. The molecule has 1 aliphatic heterocycles. The summed E-state index contributed by atoms with van der Waals surface area (Å²) in [6.45, 7) is 3.58. The second-order valence-corrected chi connectivity index (χ2v) is 4.77. The van der Waals surface area contributed by atoms with Gasteiger partial charge in [-0.15, -0.1) is 0 Å². The molecule has 20 heavy (non-hydrogen) atoms. The van der Waals surface area contributed by atoms with Gasteiger partial charge in [0.05, 0.1) is 6.10 Å². The van der Waals surface area contributed by atoms with Crippen molar-refractivity contribution in [2.24, 2.45) is 0 Å². The topological polar surface area (TPSA) is 59.6 Å². The number of benzene rings is 1. The number of rotatable bonds is 6. The summed E-state index contributed by atoms with van der Waals surface area (Å²) in [7, 11) is 0. The first kappa shape index (κ1) is 14.7. The summed E-state index contributed by atoms with van der Waals surface area (Å²) < 4.78 is 11.0. The van der Waals surface area contributed by atoms with Gasteiger partial charge in [-0.1, -0.05) is 25.1 Å². The van der Waals surface area contributed by atoms with Gasteiger partial charge in [-0.05, 0) is 30.9 Å². The third-order valence-corrected chi connectivity index (χ3v) is 3.33. The summed E-state index contributed by atoms with van der Waals surface area (Å²) in [5.74, 6) is 0.814. The maximum Gasteiger partial charge on any atom is 0.317 e. The number of carbonyl (C=O) groups excluding carboxylic acids is 1. The van der Waals surface area contributed by atoms with E-state index in [0.29, 0.717) is 6.54 Å². The van der Waals surface area contributed by atoms with Crippen LogP contribution >= 0.6 is 0 Å². The van der Waals surface area contributed by atoms with E-state index >= 15 is 0 Å². The Balaban J connectivity index is 1.65. The molecule has 5 heteroatoms. The molecule has 2 N–H and O–H groups in total. The Morgan fingerprint density at radius 3 is 3.00 bits per heavy atom. The van der Waals surface area contributed by atoms with Gasteiger partial charge in [0.15, 0.2) is 6.73 Å². The van der Waals surface area contributed by atoms with Crippen molar-refractivity contribution < 1.29 is 14.3 Å². The number of urea groups is 1. The molecule has 0 spiro atoms. The minimum atomic E-state index is -0.227. The van der Waals surface area contributed by atoms with Crippen molar-refractivity contribution in [2.75, 3.05) is 19.9 Å². The lowest BCUT2D eigenvalue weighted by Crippen LogP contribution is -2.41. The van der Waals surface area contributed by atoms with E-state index in [4.69, 9.17) is 9.47 Å². The summed E-state index contributed by atoms with van der Waals surface area (Å²) in [4.78, 5) is 11.6. The minimum absolute atomic E-state index is 0.155. The largest absolute Gasteiger partial charge is 0.473 e. The zero-order valence-corrected chi connectivity index (χ0v) is 11.9. The lowest BCUT2D eigenvalue weighted by atomic mass is 10.1. The number of aryl methyl sites for hydroxylation is 1. The molecule has 5 nitrogen and oxygen atoms in total. The van der Waals surface area contributed by atoms with Crippen molar-refractivity contribution in [3.63, 3.8) is 0 Å². The van der Waals surface area contributed by atoms with Gasteiger partial charge in [0.2, 0.25) is 0 Å². The van der Waals surface area contributed by atoms with Crippen molar-refractivity contribution >= 4 is 6.03 Å². The second-order valence-electron chi connectivity index (χ2n) is 4.77. The van der Waals surface area contributed by atoms with Crippen LogP contribution in [0.3, 0.4) is 0 Å². The van der Waals surface area contributed by atoms with E-state index in [-0.39, 0.29) is 18.9 Å². The number of carbonyl (C=O) groups is 1. The van der Waals surface area contributed by atoms with Gasteiger partial charge in [0, 0.05) is 13.2 Å². The van der Waals surface area contributed by atoms with Crippen LogP contribution in [-0.2, 0) is 11.2 Å². The van der Waals surface area contributed by atoms with Gasteiger partial charge in [0.1, 0.15) is 5.75 Å². The Morgan fingerprint density at radius 1 is 1.40 bits per heavy atom. The Kier molecular flexibility index (Phi) is 5.68. The molecule has 1 unspecified atom stereocenters. The quantitative estimate of drug-likeness (QED) is 0.783. The van der Waals surface area contributed by atoms with Crippen LogP contribution < -0.4 is 15.4 Å². The molecule has 1 fully saturated rings. The van der Waals surface area contributed by atoms with Crippen LogP contribution in [0.1, 0.15) is 25.3 Å². The molecule has 1 saturated heterocycles. The van der Waals surface area contributed by atoms with Gasteiger partial charge >= 0.3 is 6.03 Å². The Labute approximate surface area is 119 Å². The van der Waals surface area contributed by atoms with Crippen molar-refractivity contribution in [3.8, 4) is 5.75 Å². The summed E-state index contributed by atoms with van der Waals surface area (Å²) in [6.07, 6.45) is 3.15. The van der Waals surface area contributed by atoms with E-state index in [0.717, 1.165) is 37.2 Å². The Hall–Kier alpha value is -1.75. The van der Waals surface area contributed by atoms with Crippen LogP contribution in [0.2, 0.25) is 0 Å². The average Bonchev–Trinajstić information content (AvgIpc) is 2.99. The maximum absolute atomic E-state index is 11.6. The van der Waals surface area contributed by atoms with Gasteiger partial charge in [-0.25, -0.2) is 4.79 Å². The molecule has 0 aromatic heterocycles. The number of hydrogen-bond acceptors (Lipinski definition) is 3. The highest BCUT2D eigenvalue weighted by molar-refractivity contribution is 5.73. The van der Waals surface area contributed by atoms with Crippen LogP contribution in [-0.4, -0.2) is 32.0 Å². The van der Waals surface area contributed by atoms with Crippen molar-refractivity contribution in [1.82, 2.24) is 10.6 Å². The van der Waals surface area contributed by atoms with Crippen LogP contribution in [0.25, 0.3) is 0 Å². The smallest absolute Gasteiger partial charge is 0.317 e. The number of hydrogen-bond donors (Lipinski definition) is 2. The molecule has 0 radical (unpaired) electrons. The molecule has 1 aliphatic rings. The molecule has 110 valence electrons. The molecule has 1 aromatic carbocycles.